The van der Waals surface area contributed by atoms with E-state index in [2.05, 4.69) is 19.2 Å². The normalized spacial score (nSPS) is 12.8. The van der Waals surface area contributed by atoms with Crippen LogP contribution in [0.25, 0.3) is 0 Å². The summed E-state index contributed by atoms with van der Waals surface area (Å²) in [5.74, 6) is 0.489. The average Bonchev–Trinajstić information content (AvgIpc) is 2.20. The first kappa shape index (κ1) is 14.1. The van der Waals surface area contributed by atoms with Crippen molar-refractivity contribution in [2.45, 2.75) is 33.3 Å². The van der Waals surface area contributed by atoms with E-state index >= 15 is 0 Å². The minimum Gasteiger partial charge on any atom is -0.398 e. The minimum absolute atomic E-state index is 0.342. The Bertz CT molecular complexity index is 380. The van der Waals surface area contributed by atoms with Crippen LogP contribution in [0, 0.1) is 12.8 Å². The molecule has 0 spiro atoms. The molecule has 0 aromatic heterocycles. The van der Waals surface area contributed by atoms with Crippen LogP contribution in [0.5, 0.6) is 0 Å². The maximum Gasteiger partial charge on any atom is 0.0715 e. The summed E-state index contributed by atoms with van der Waals surface area (Å²) in [6.07, 6.45) is 0.445. The number of rotatable bonds is 5. The lowest BCUT2D eigenvalue weighted by Crippen LogP contribution is -2.21. The molecule has 1 unspecified atom stereocenters. The Kier molecular flexibility index (Phi) is 5.09. The zero-order valence-corrected chi connectivity index (χ0v) is 11.4. The molecule has 0 aliphatic rings. The van der Waals surface area contributed by atoms with Crippen molar-refractivity contribution in [2.75, 3.05) is 17.6 Å². The van der Waals surface area contributed by atoms with Gasteiger partial charge in [0.2, 0.25) is 0 Å². The summed E-state index contributed by atoms with van der Waals surface area (Å²) >= 11 is 5.96. The third-order valence-corrected chi connectivity index (χ3v) is 2.94. The van der Waals surface area contributed by atoms with Crippen LogP contribution in [0.1, 0.15) is 25.8 Å². The summed E-state index contributed by atoms with van der Waals surface area (Å²) in [7, 11) is 0. The van der Waals surface area contributed by atoms with E-state index in [0.717, 1.165) is 17.7 Å². The van der Waals surface area contributed by atoms with Crippen LogP contribution in [0.15, 0.2) is 12.1 Å². The Morgan fingerprint density at radius 2 is 2.06 bits per heavy atom. The molecule has 4 heteroatoms. The van der Waals surface area contributed by atoms with Crippen LogP contribution in [-0.2, 0) is 0 Å². The highest BCUT2D eigenvalue weighted by atomic mass is 35.5. The first-order chi connectivity index (χ1) is 7.90. The molecule has 0 aliphatic heterocycles. The Hall–Kier alpha value is -0.930. The van der Waals surface area contributed by atoms with Crippen molar-refractivity contribution in [3.63, 3.8) is 0 Å². The molecule has 3 nitrogen and oxygen atoms in total. The van der Waals surface area contributed by atoms with E-state index in [9.17, 15) is 5.11 Å². The first-order valence-corrected chi connectivity index (χ1v) is 6.25. The number of anilines is 2. The second-order valence-corrected chi connectivity index (χ2v) is 5.26. The van der Waals surface area contributed by atoms with Gasteiger partial charge in [0.25, 0.3) is 0 Å². The number of nitrogens with two attached hydrogens (primary N) is 1. The van der Waals surface area contributed by atoms with Gasteiger partial charge in [-0.3, -0.25) is 0 Å². The summed E-state index contributed by atoms with van der Waals surface area (Å²) in [5, 5.41) is 13.5. The number of benzene rings is 1. The second-order valence-electron chi connectivity index (χ2n) is 4.85. The van der Waals surface area contributed by atoms with Crippen molar-refractivity contribution in [3.05, 3.63) is 22.7 Å². The minimum atomic E-state index is -0.342. The van der Waals surface area contributed by atoms with Gasteiger partial charge in [0, 0.05) is 12.2 Å². The summed E-state index contributed by atoms with van der Waals surface area (Å²) in [6, 6.07) is 3.63. The fourth-order valence-corrected chi connectivity index (χ4v) is 1.91. The van der Waals surface area contributed by atoms with E-state index in [1.54, 1.807) is 6.07 Å². The van der Waals surface area contributed by atoms with Crippen LogP contribution >= 0.6 is 11.6 Å². The van der Waals surface area contributed by atoms with Crippen molar-refractivity contribution in [2.24, 2.45) is 5.92 Å². The standard InChI is InChI=1S/C13H21ClN2O/c1-8(2)4-10(17)7-16-13-6-11(14)12(15)5-9(13)3/h5-6,8,10,16-17H,4,7,15H2,1-3H3. The number of aryl methyl sites for hydroxylation is 1. The number of aliphatic hydroxyl groups excluding tert-OH is 1. The highest BCUT2D eigenvalue weighted by molar-refractivity contribution is 6.33. The molecule has 1 aromatic carbocycles. The SMILES string of the molecule is Cc1cc(N)c(Cl)cc1NCC(O)CC(C)C. The topological polar surface area (TPSA) is 58.3 Å². The molecule has 0 radical (unpaired) electrons. The third kappa shape index (κ3) is 4.44. The highest BCUT2D eigenvalue weighted by Crippen LogP contribution is 2.26. The average molecular weight is 257 g/mol. The lowest BCUT2D eigenvalue weighted by Gasteiger charge is -2.16. The first-order valence-electron chi connectivity index (χ1n) is 5.87. The molecule has 0 saturated carbocycles. The lowest BCUT2D eigenvalue weighted by atomic mass is 10.1. The molecule has 1 aromatic rings. The molecule has 17 heavy (non-hydrogen) atoms. The number of nitrogen functional groups attached to an aromatic ring is 1. The Morgan fingerprint density at radius 1 is 1.41 bits per heavy atom. The van der Waals surface area contributed by atoms with Gasteiger partial charge in [-0.1, -0.05) is 25.4 Å². The Labute approximate surface area is 108 Å². The van der Waals surface area contributed by atoms with Crippen molar-refractivity contribution < 1.29 is 5.11 Å². The van der Waals surface area contributed by atoms with Gasteiger partial charge in [0.1, 0.15) is 0 Å². The lowest BCUT2D eigenvalue weighted by molar-refractivity contribution is 0.161. The van der Waals surface area contributed by atoms with Crippen LogP contribution in [0.2, 0.25) is 5.02 Å². The predicted molar refractivity (Wildman–Crippen MR) is 74.6 cm³/mol. The van der Waals surface area contributed by atoms with Gasteiger partial charge in [-0.05, 0) is 37.0 Å². The fraction of sp³-hybridized carbons (Fsp3) is 0.538. The van der Waals surface area contributed by atoms with Gasteiger partial charge < -0.3 is 16.2 Å². The van der Waals surface area contributed by atoms with Gasteiger partial charge >= 0.3 is 0 Å². The number of hydrogen-bond acceptors (Lipinski definition) is 3. The second kappa shape index (κ2) is 6.12. The van der Waals surface area contributed by atoms with Crippen molar-refractivity contribution in [1.29, 1.82) is 0 Å². The molecule has 1 atom stereocenters. The van der Waals surface area contributed by atoms with E-state index in [0.29, 0.717) is 23.2 Å². The zero-order valence-electron chi connectivity index (χ0n) is 10.6. The molecule has 0 heterocycles. The van der Waals surface area contributed by atoms with Crippen molar-refractivity contribution in [3.8, 4) is 0 Å². The van der Waals surface area contributed by atoms with Gasteiger partial charge in [-0.25, -0.2) is 0 Å². The highest BCUT2D eigenvalue weighted by Gasteiger charge is 2.08. The molecule has 96 valence electrons. The van der Waals surface area contributed by atoms with Crippen LogP contribution in [-0.4, -0.2) is 17.8 Å². The summed E-state index contributed by atoms with van der Waals surface area (Å²) in [6.45, 7) is 6.67. The van der Waals surface area contributed by atoms with E-state index in [4.69, 9.17) is 17.3 Å². The molecule has 0 saturated heterocycles. The monoisotopic (exact) mass is 256 g/mol. The predicted octanol–water partition coefficient (Wildman–Crippen LogP) is 3.05. The number of hydrogen-bond donors (Lipinski definition) is 3. The molecule has 0 bridgehead atoms. The number of aliphatic hydroxyl groups is 1. The molecule has 4 N–H and O–H groups in total. The molecular formula is C13H21ClN2O. The van der Waals surface area contributed by atoms with E-state index in [1.807, 2.05) is 13.0 Å². The molecule has 0 amide bonds. The van der Waals surface area contributed by atoms with Crippen molar-refractivity contribution >= 4 is 23.0 Å². The van der Waals surface area contributed by atoms with Gasteiger partial charge in [0.15, 0.2) is 0 Å². The van der Waals surface area contributed by atoms with E-state index in [1.165, 1.54) is 0 Å². The maximum atomic E-state index is 9.78. The Balaban J connectivity index is 2.60. The van der Waals surface area contributed by atoms with Gasteiger partial charge in [-0.15, -0.1) is 0 Å². The summed E-state index contributed by atoms with van der Waals surface area (Å²) in [5.41, 5.74) is 8.24. The summed E-state index contributed by atoms with van der Waals surface area (Å²) in [4.78, 5) is 0. The smallest absolute Gasteiger partial charge is 0.0715 e. The Morgan fingerprint density at radius 3 is 2.65 bits per heavy atom. The molecule has 0 aliphatic carbocycles. The van der Waals surface area contributed by atoms with E-state index in [-0.39, 0.29) is 6.10 Å². The molecule has 1 rings (SSSR count). The number of nitrogens with one attached hydrogen (secondary N) is 1. The van der Waals surface area contributed by atoms with Crippen molar-refractivity contribution in [1.82, 2.24) is 0 Å². The van der Waals surface area contributed by atoms with Crippen LogP contribution in [0.3, 0.4) is 0 Å². The van der Waals surface area contributed by atoms with Crippen LogP contribution in [0.4, 0.5) is 11.4 Å². The van der Waals surface area contributed by atoms with Gasteiger partial charge in [-0.2, -0.15) is 0 Å². The van der Waals surface area contributed by atoms with E-state index < -0.39 is 0 Å². The maximum absolute atomic E-state index is 9.78. The quantitative estimate of drug-likeness (QED) is 0.710. The molecule has 0 fully saturated rings. The largest absolute Gasteiger partial charge is 0.398 e. The van der Waals surface area contributed by atoms with Gasteiger partial charge in [0.05, 0.1) is 16.8 Å². The summed E-state index contributed by atoms with van der Waals surface area (Å²) < 4.78 is 0. The van der Waals surface area contributed by atoms with Crippen LogP contribution < -0.4 is 11.1 Å². The third-order valence-electron chi connectivity index (χ3n) is 2.62. The number of halogens is 1. The fourth-order valence-electron chi connectivity index (χ4n) is 1.75. The zero-order chi connectivity index (χ0) is 13.0. The molecular weight excluding hydrogens is 236 g/mol.